The zero-order valence-corrected chi connectivity index (χ0v) is 13.3. The molecule has 0 fully saturated rings. The van der Waals surface area contributed by atoms with Crippen molar-refractivity contribution in [2.75, 3.05) is 27.3 Å². The number of amides is 2. The summed E-state index contributed by atoms with van der Waals surface area (Å²) in [7, 11) is 2.80. The van der Waals surface area contributed by atoms with Gasteiger partial charge in [-0.1, -0.05) is 0 Å². The van der Waals surface area contributed by atoms with Crippen LogP contribution in [0.2, 0.25) is 0 Å². The molecule has 0 aromatic heterocycles. The summed E-state index contributed by atoms with van der Waals surface area (Å²) >= 11 is 0. The number of hydrogen-bond acceptors (Lipinski definition) is 6. The maximum atomic E-state index is 11.5. The van der Waals surface area contributed by atoms with Crippen LogP contribution in [0.25, 0.3) is 0 Å². The number of urea groups is 1. The molecule has 0 heterocycles. The van der Waals surface area contributed by atoms with E-state index in [2.05, 4.69) is 10.6 Å². The summed E-state index contributed by atoms with van der Waals surface area (Å²) in [5.41, 5.74) is 0.240. The van der Waals surface area contributed by atoms with E-state index >= 15 is 0 Å². The molecule has 10 nitrogen and oxygen atoms in total. The third-order valence-corrected chi connectivity index (χ3v) is 3.09. The van der Waals surface area contributed by atoms with Gasteiger partial charge in [-0.25, -0.2) is 4.79 Å². The minimum absolute atomic E-state index is 0.00231. The van der Waals surface area contributed by atoms with Crippen LogP contribution in [0, 0.1) is 10.1 Å². The van der Waals surface area contributed by atoms with E-state index in [1.54, 1.807) is 0 Å². The van der Waals surface area contributed by atoms with Gasteiger partial charge in [-0.05, 0) is 12.5 Å². The summed E-state index contributed by atoms with van der Waals surface area (Å²) in [4.78, 5) is 32.4. The molecule has 132 valence electrons. The molecule has 3 N–H and O–H groups in total. The number of aliphatic carboxylic acids is 1. The van der Waals surface area contributed by atoms with Crippen LogP contribution in [-0.4, -0.2) is 49.3 Å². The number of ether oxygens (including phenoxy) is 2. The Bertz CT molecular complexity index is 619. The molecule has 0 bridgehead atoms. The lowest BCUT2D eigenvalue weighted by Gasteiger charge is -2.11. The molecule has 0 spiro atoms. The van der Waals surface area contributed by atoms with Crippen molar-refractivity contribution in [3.05, 3.63) is 27.8 Å². The van der Waals surface area contributed by atoms with Crippen molar-refractivity contribution in [3.8, 4) is 11.5 Å². The SMILES string of the molecule is COc1cc(CCNC(=O)NCCC(=O)O)c([N+](=O)[O-])cc1OC. The Morgan fingerprint density at radius 3 is 2.29 bits per heavy atom. The first-order valence-electron chi connectivity index (χ1n) is 7.01. The van der Waals surface area contributed by atoms with E-state index in [4.69, 9.17) is 14.6 Å². The van der Waals surface area contributed by atoms with Crippen molar-refractivity contribution in [3.63, 3.8) is 0 Å². The standard InChI is InChI=1S/C14H19N3O7/c1-23-11-7-9(10(17(21)22)8-12(11)24-2)3-5-15-14(20)16-6-4-13(18)19/h7-8H,3-6H2,1-2H3,(H,18,19)(H2,15,16,20). The number of carboxylic acids is 1. The molecule has 0 aliphatic rings. The number of carbonyl (C=O) groups is 2. The number of hydrogen-bond donors (Lipinski definition) is 3. The molecule has 1 aromatic carbocycles. The van der Waals surface area contributed by atoms with Crippen molar-refractivity contribution >= 4 is 17.7 Å². The number of nitrogens with one attached hydrogen (secondary N) is 2. The van der Waals surface area contributed by atoms with Crippen molar-refractivity contribution in [2.24, 2.45) is 0 Å². The first kappa shape index (κ1) is 19.0. The van der Waals surface area contributed by atoms with Crippen LogP contribution in [0.3, 0.4) is 0 Å². The number of nitrogens with zero attached hydrogens (tertiary/aromatic N) is 1. The highest BCUT2D eigenvalue weighted by molar-refractivity contribution is 5.75. The number of methoxy groups -OCH3 is 2. The molecule has 0 aliphatic carbocycles. The normalized spacial score (nSPS) is 9.92. The maximum Gasteiger partial charge on any atom is 0.314 e. The second kappa shape index (κ2) is 9.18. The van der Waals surface area contributed by atoms with E-state index in [1.807, 2.05) is 0 Å². The van der Waals surface area contributed by atoms with E-state index in [1.165, 1.54) is 26.4 Å². The molecule has 0 unspecified atom stereocenters. The molecular formula is C14H19N3O7. The Morgan fingerprint density at radius 1 is 1.17 bits per heavy atom. The van der Waals surface area contributed by atoms with Gasteiger partial charge in [0.15, 0.2) is 11.5 Å². The fourth-order valence-electron chi connectivity index (χ4n) is 1.94. The van der Waals surface area contributed by atoms with Crippen LogP contribution < -0.4 is 20.1 Å². The van der Waals surface area contributed by atoms with Gasteiger partial charge in [0.2, 0.25) is 0 Å². The van der Waals surface area contributed by atoms with Gasteiger partial charge in [0.25, 0.3) is 5.69 Å². The van der Waals surface area contributed by atoms with Crippen LogP contribution in [-0.2, 0) is 11.2 Å². The third kappa shape index (κ3) is 5.63. The largest absolute Gasteiger partial charge is 0.493 e. The quantitative estimate of drug-likeness (QED) is 0.448. The summed E-state index contributed by atoms with van der Waals surface area (Å²) in [5, 5.41) is 24.5. The Kier molecular flexibility index (Phi) is 7.27. The highest BCUT2D eigenvalue weighted by Crippen LogP contribution is 2.34. The smallest absolute Gasteiger partial charge is 0.314 e. The fourth-order valence-corrected chi connectivity index (χ4v) is 1.94. The number of carboxylic acid groups (broad SMARTS) is 1. The summed E-state index contributed by atoms with van der Waals surface area (Å²) in [5.74, 6) is -0.424. The van der Waals surface area contributed by atoms with Gasteiger partial charge in [0.05, 0.1) is 31.6 Å². The minimum Gasteiger partial charge on any atom is -0.493 e. The van der Waals surface area contributed by atoms with E-state index < -0.39 is 16.9 Å². The van der Waals surface area contributed by atoms with Gasteiger partial charge in [0, 0.05) is 18.7 Å². The topological polar surface area (TPSA) is 140 Å². The average molecular weight is 341 g/mol. The Morgan fingerprint density at radius 2 is 1.75 bits per heavy atom. The lowest BCUT2D eigenvalue weighted by Crippen LogP contribution is -2.37. The molecule has 0 radical (unpaired) electrons. The van der Waals surface area contributed by atoms with E-state index in [-0.39, 0.29) is 37.4 Å². The highest BCUT2D eigenvalue weighted by atomic mass is 16.6. The van der Waals surface area contributed by atoms with Crippen LogP contribution in [0.15, 0.2) is 12.1 Å². The first-order chi connectivity index (χ1) is 11.4. The molecule has 0 saturated carbocycles. The molecule has 0 aliphatic heterocycles. The molecule has 0 saturated heterocycles. The van der Waals surface area contributed by atoms with Gasteiger partial charge in [-0.2, -0.15) is 0 Å². The van der Waals surface area contributed by atoms with Gasteiger partial charge >= 0.3 is 12.0 Å². The second-order valence-corrected chi connectivity index (χ2v) is 4.67. The Hall–Kier alpha value is -3.04. The van der Waals surface area contributed by atoms with Crippen LogP contribution in [0.1, 0.15) is 12.0 Å². The van der Waals surface area contributed by atoms with E-state index in [0.29, 0.717) is 11.3 Å². The Balaban J connectivity index is 2.68. The van der Waals surface area contributed by atoms with E-state index in [0.717, 1.165) is 0 Å². The van der Waals surface area contributed by atoms with Crippen molar-refractivity contribution < 1.29 is 29.1 Å². The zero-order valence-electron chi connectivity index (χ0n) is 13.3. The maximum absolute atomic E-state index is 11.5. The van der Waals surface area contributed by atoms with Gasteiger partial charge in [-0.15, -0.1) is 0 Å². The lowest BCUT2D eigenvalue weighted by atomic mass is 10.1. The predicted molar refractivity (Wildman–Crippen MR) is 83.6 cm³/mol. The average Bonchev–Trinajstić information content (AvgIpc) is 2.53. The molecule has 1 aromatic rings. The molecule has 10 heteroatoms. The number of rotatable bonds is 9. The van der Waals surface area contributed by atoms with Crippen molar-refractivity contribution in [1.29, 1.82) is 0 Å². The van der Waals surface area contributed by atoms with Crippen molar-refractivity contribution in [2.45, 2.75) is 12.8 Å². The number of benzene rings is 1. The second-order valence-electron chi connectivity index (χ2n) is 4.67. The predicted octanol–water partition coefficient (Wildman–Crippen LogP) is 0.928. The lowest BCUT2D eigenvalue weighted by molar-refractivity contribution is -0.385. The molecule has 2 amide bonds. The van der Waals surface area contributed by atoms with Gasteiger partial charge in [0.1, 0.15) is 0 Å². The Labute approximate surface area is 137 Å². The van der Waals surface area contributed by atoms with Crippen molar-refractivity contribution in [1.82, 2.24) is 10.6 Å². The van der Waals surface area contributed by atoms with E-state index in [9.17, 15) is 19.7 Å². The first-order valence-corrected chi connectivity index (χ1v) is 7.01. The monoisotopic (exact) mass is 341 g/mol. The van der Waals surface area contributed by atoms with Crippen LogP contribution >= 0.6 is 0 Å². The minimum atomic E-state index is -1.02. The molecular weight excluding hydrogens is 322 g/mol. The van der Waals surface area contributed by atoms with Gasteiger partial charge < -0.3 is 25.2 Å². The summed E-state index contributed by atoms with van der Waals surface area (Å²) in [6.07, 6.45) is 0.0115. The number of nitro benzene ring substituents is 1. The summed E-state index contributed by atoms with van der Waals surface area (Å²) in [6, 6.07) is 2.21. The third-order valence-electron chi connectivity index (χ3n) is 3.09. The highest BCUT2D eigenvalue weighted by Gasteiger charge is 2.19. The fraction of sp³-hybridized carbons (Fsp3) is 0.429. The van der Waals surface area contributed by atoms with Gasteiger partial charge in [-0.3, -0.25) is 14.9 Å². The molecule has 0 atom stereocenters. The number of nitro groups is 1. The van der Waals surface area contributed by atoms with Crippen LogP contribution in [0.5, 0.6) is 11.5 Å². The summed E-state index contributed by atoms with van der Waals surface area (Å²) in [6.45, 7) is 0.132. The van der Waals surface area contributed by atoms with Crippen LogP contribution in [0.4, 0.5) is 10.5 Å². The number of carbonyl (C=O) groups excluding carboxylic acids is 1. The molecule has 24 heavy (non-hydrogen) atoms. The zero-order chi connectivity index (χ0) is 18.1. The summed E-state index contributed by atoms with van der Waals surface area (Å²) < 4.78 is 10.1. The molecule has 1 rings (SSSR count).